The molecule has 0 spiro atoms. The van der Waals surface area contributed by atoms with Crippen LogP contribution in [0, 0.1) is 0 Å². The van der Waals surface area contributed by atoms with E-state index in [0.717, 1.165) is 5.56 Å². The summed E-state index contributed by atoms with van der Waals surface area (Å²) in [7, 11) is 0. The Labute approximate surface area is 98.6 Å². The molecule has 0 unspecified atom stereocenters. The van der Waals surface area contributed by atoms with Crippen molar-refractivity contribution in [1.82, 2.24) is 9.55 Å². The van der Waals surface area contributed by atoms with Gasteiger partial charge in [0.15, 0.2) is 5.78 Å². The molecule has 0 amide bonds. The summed E-state index contributed by atoms with van der Waals surface area (Å²) in [5.41, 5.74) is 0.746. The first-order valence-electron chi connectivity index (χ1n) is 5.32. The van der Waals surface area contributed by atoms with Crippen LogP contribution in [0.1, 0.15) is 5.56 Å². The van der Waals surface area contributed by atoms with Gasteiger partial charge in [0.2, 0.25) is 0 Å². The lowest BCUT2D eigenvalue weighted by Gasteiger charge is -2.03. The van der Waals surface area contributed by atoms with Gasteiger partial charge in [-0.15, -0.1) is 0 Å². The minimum Gasteiger partial charge on any atom is -0.297 e. The van der Waals surface area contributed by atoms with E-state index < -0.39 is 0 Å². The molecule has 0 aliphatic heterocycles. The Morgan fingerprint density at radius 1 is 1.18 bits per heavy atom. The Kier molecular flexibility index (Phi) is 3.45. The summed E-state index contributed by atoms with van der Waals surface area (Å²) in [6.07, 6.45) is 3.13. The van der Waals surface area contributed by atoms with Gasteiger partial charge in [0.25, 0.3) is 5.56 Å². The third-order valence-electron chi connectivity index (χ3n) is 2.38. The van der Waals surface area contributed by atoms with E-state index in [4.69, 9.17) is 0 Å². The van der Waals surface area contributed by atoms with E-state index in [1.165, 1.54) is 23.2 Å². The van der Waals surface area contributed by atoms with Crippen molar-refractivity contribution in [3.8, 4) is 0 Å². The number of ketones is 1. The highest BCUT2D eigenvalue weighted by Gasteiger charge is 2.05. The van der Waals surface area contributed by atoms with Gasteiger partial charge in [0.05, 0.1) is 12.9 Å². The molecule has 0 N–H and O–H groups in total. The summed E-state index contributed by atoms with van der Waals surface area (Å²) in [6, 6.07) is 10.8. The largest absolute Gasteiger partial charge is 0.297 e. The molecule has 4 nitrogen and oxygen atoms in total. The fraction of sp³-hybridized carbons (Fsp3) is 0.154. The van der Waals surface area contributed by atoms with Gasteiger partial charge in [0.1, 0.15) is 0 Å². The van der Waals surface area contributed by atoms with E-state index in [1.54, 1.807) is 0 Å². The summed E-state index contributed by atoms with van der Waals surface area (Å²) < 4.78 is 1.31. The predicted molar refractivity (Wildman–Crippen MR) is 63.7 cm³/mol. The second-order valence-corrected chi connectivity index (χ2v) is 3.75. The molecular formula is C13H12N2O2. The molecule has 0 bridgehead atoms. The predicted octanol–water partition coefficient (Wildman–Crippen LogP) is 1.06. The van der Waals surface area contributed by atoms with Crippen LogP contribution in [0.2, 0.25) is 0 Å². The molecule has 1 heterocycles. The highest BCUT2D eigenvalue weighted by molar-refractivity contribution is 5.80. The highest BCUT2D eigenvalue weighted by atomic mass is 16.1. The second kappa shape index (κ2) is 5.21. The van der Waals surface area contributed by atoms with Gasteiger partial charge in [-0.2, -0.15) is 0 Å². The zero-order chi connectivity index (χ0) is 12.1. The molecule has 0 saturated heterocycles. The fourth-order valence-electron chi connectivity index (χ4n) is 1.57. The van der Waals surface area contributed by atoms with Crippen LogP contribution in [0.4, 0.5) is 0 Å². The Morgan fingerprint density at radius 3 is 2.65 bits per heavy atom. The standard InChI is InChI=1S/C13H12N2O2/c16-12(8-11-4-2-1-3-5-11)9-15-10-14-7-6-13(15)17/h1-7,10H,8-9H2. The Morgan fingerprint density at radius 2 is 1.94 bits per heavy atom. The first-order valence-corrected chi connectivity index (χ1v) is 5.32. The van der Waals surface area contributed by atoms with Crippen LogP contribution in [0.3, 0.4) is 0 Å². The molecule has 0 atom stereocenters. The van der Waals surface area contributed by atoms with E-state index in [-0.39, 0.29) is 17.9 Å². The van der Waals surface area contributed by atoms with Crippen LogP contribution >= 0.6 is 0 Å². The summed E-state index contributed by atoms with van der Waals surface area (Å²) in [5, 5.41) is 0. The molecule has 17 heavy (non-hydrogen) atoms. The number of carbonyl (C=O) groups excluding carboxylic acids is 1. The van der Waals surface area contributed by atoms with Gasteiger partial charge >= 0.3 is 0 Å². The Bertz CT molecular complexity index is 561. The lowest BCUT2D eigenvalue weighted by Crippen LogP contribution is -2.24. The molecule has 0 saturated carbocycles. The molecule has 0 aliphatic carbocycles. The van der Waals surface area contributed by atoms with Gasteiger partial charge in [-0.05, 0) is 5.56 Å². The molecule has 0 aliphatic rings. The third kappa shape index (κ3) is 3.11. The van der Waals surface area contributed by atoms with Crippen molar-refractivity contribution in [2.24, 2.45) is 0 Å². The summed E-state index contributed by atoms with van der Waals surface area (Å²) in [4.78, 5) is 26.9. The van der Waals surface area contributed by atoms with Gasteiger partial charge in [0, 0.05) is 18.7 Å². The van der Waals surface area contributed by atoms with Crippen LogP contribution in [-0.4, -0.2) is 15.3 Å². The summed E-state index contributed by atoms with van der Waals surface area (Å²) in [5.74, 6) is -0.00806. The van der Waals surface area contributed by atoms with Crippen LogP contribution in [0.5, 0.6) is 0 Å². The number of benzene rings is 1. The maximum absolute atomic E-state index is 11.7. The zero-order valence-corrected chi connectivity index (χ0v) is 9.24. The van der Waals surface area contributed by atoms with Crippen LogP contribution < -0.4 is 5.56 Å². The van der Waals surface area contributed by atoms with Crippen molar-refractivity contribution in [3.63, 3.8) is 0 Å². The molecule has 2 rings (SSSR count). The molecule has 86 valence electrons. The smallest absolute Gasteiger partial charge is 0.253 e. The molecule has 0 radical (unpaired) electrons. The minimum absolute atomic E-state index is 0.00806. The highest BCUT2D eigenvalue weighted by Crippen LogP contribution is 2.00. The first kappa shape index (κ1) is 11.3. The van der Waals surface area contributed by atoms with E-state index in [0.29, 0.717) is 6.42 Å². The van der Waals surface area contributed by atoms with Gasteiger partial charge < -0.3 is 0 Å². The number of hydrogen-bond acceptors (Lipinski definition) is 3. The molecule has 2 aromatic rings. The zero-order valence-electron chi connectivity index (χ0n) is 9.24. The molecule has 1 aromatic carbocycles. The van der Waals surface area contributed by atoms with Crippen LogP contribution in [0.25, 0.3) is 0 Å². The molecule has 1 aromatic heterocycles. The van der Waals surface area contributed by atoms with Crippen molar-refractivity contribution in [1.29, 1.82) is 0 Å². The van der Waals surface area contributed by atoms with E-state index >= 15 is 0 Å². The molecule has 4 heteroatoms. The lowest BCUT2D eigenvalue weighted by molar-refractivity contribution is -0.119. The van der Waals surface area contributed by atoms with E-state index in [1.807, 2.05) is 30.3 Å². The average Bonchev–Trinajstić information content (AvgIpc) is 2.33. The normalized spacial score (nSPS) is 10.1. The minimum atomic E-state index is -0.207. The Balaban J connectivity index is 2.04. The van der Waals surface area contributed by atoms with E-state index in [2.05, 4.69) is 4.98 Å². The fourth-order valence-corrected chi connectivity index (χ4v) is 1.57. The third-order valence-corrected chi connectivity index (χ3v) is 2.38. The van der Waals surface area contributed by atoms with Gasteiger partial charge in [-0.3, -0.25) is 14.2 Å². The Hall–Kier alpha value is -2.23. The number of aromatic nitrogens is 2. The summed E-state index contributed by atoms with van der Waals surface area (Å²) in [6.45, 7) is 0.0710. The maximum Gasteiger partial charge on any atom is 0.253 e. The molecule has 0 fully saturated rings. The monoisotopic (exact) mass is 228 g/mol. The second-order valence-electron chi connectivity index (χ2n) is 3.75. The first-order chi connectivity index (χ1) is 8.25. The summed E-state index contributed by atoms with van der Waals surface area (Å²) >= 11 is 0. The van der Waals surface area contributed by atoms with Crippen molar-refractivity contribution >= 4 is 5.78 Å². The maximum atomic E-state index is 11.7. The topological polar surface area (TPSA) is 52.0 Å². The van der Waals surface area contributed by atoms with Crippen molar-refractivity contribution < 1.29 is 4.79 Å². The molecular weight excluding hydrogens is 216 g/mol. The SMILES string of the molecule is O=C(Cc1ccccc1)Cn1cnccc1=O. The van der Waals surface area contributed by atoms with Gasteiger partial charge in [-0.25, -0.2) is 4.98 Å². The van der Waals surface area contributed by atoms with Crippen molar-refractivity contribution in [2.45, 2.75) is 13.0 Å². The van der Waals surface area contributed by atoms with Crippen molar-refractivity contribution in [3.05, 3.63) is 64.8 Å². The lowest BCUT2D eigenvalue weighted by atomic mass is 10.1. The van der Waals surface area contributed by atoms with E-state index in [9.17, 15) is 9.59 Å². The van der Waals surface area contributed by atoms with Crippen LogP contribution in [-0.2, 0) is 17.8 Å². The average molecular weight is 228 g/mol. The number of nitrogens with zero attached hydrogens (tertiary/aromatic N) is 2. The number of rotatable bonds is 4. The number of hydrogen-bond donors (Lipinski definition) is 0. The number of Topliss-reactive ketones (excluding diaryl/α,β-unsaturated/α-hetero) is 1. The number of carbonyl (C=O) groups is 1. The van der Waals surface area contributed by atoms with Crippen molar-refractivity contribution in [2.75, 3.05) is 0 Å². The quantitative estimate of drug-likeness (QED) is 0.786. The van der Waals surface area contributed by atoms with Gasteiger partial charge in [-0.1, -0.05) is 30.3 Å². The van der Waals surface area contributed by atoms with Crippen LogP contribution in [0.15, 0.2) is 53.7 Å².